The van der Waals surface area contributed by atoms with Crippen molar-refractivity contribution in [1.29, 1.82) is 0 Å². The summed E-state index contributed by atoms with van der Waals surface area (Å²) in [5.74, 6) is -2.66. The molecule has 1 aliphatic heterocycles. The van der Waals surface area contributed by atoms with E-state index in [-0.39, 0.29) is 13.2 Å². The molecule has 10 nitrogen and oxygen atoms in total. The third kappa shape index (κ3) is 7.65. The third-order valence-electron chi connectivity index (χ3n) is 4.21. The lowest BCUT2D eigenvalue weighted by atomic mass is 9.98. The van der Waals surface area contributed by atoms with Crippen molar-refractivity contribution in [2.24, 2.45) is 0 Å². The van der Waals surface area contributed by atoms with Gasteiger partial charge in [-0.2, -0.15) is 0 Å². The van der Waals surface area contributed by atoms with Crippen LogP contribution in [0.25, 0.3) is 0 Å². The number of carbonyl (C=O) groups excluding carboxylic acids is 4. The highest BCUT2D eigenvalue weighted by Crippen LogP contribution is 2.30. The molecule has 10 heteroatoms. The number of hydrogen-bond acceptors (Lipinski definition) is 10. The molecule has 1 heterocycles. The molecule has 1 aliphatic rings. The zero-order chi connectivity index (χ0) is 23.0. The van der Waals surface area contributed by atoms with E-state index in [0.717, 1.165) is 19.4 Å². The van der Waals surface area contributed by atoms with Gasteiger partial charge < -0.3 is 28.4 Å². The fourth-order valence-electron chi connectivity index (χ4n) is 3.08. The van der Waals surface area contributed by atoms with E-state index in [0.29, 0.717) is 0 Å². The first kappa shape index (κ1) is 24.3. The summed E-state index contributed by atoms with van der Waals surface area (Å²) in [5, 5.41) is 0. The van der Waals surface area contributed by atoms with Gasteiger partial charge in [-0.1, -0.05) is 30.3 Å². The van der Waals surface area contributed by atoms with Crippen LogP contribution in [0.5, 0.6) is 0 Å². The lowest BCUT2D eigenvalue weighted by Gasteiger charge is -2.44. The van der Waals surface area contributed by atoms with Gasteiger partial charge in [0.2, 0.25) is 12.4 Å². The van der Waals surface area contributed by atoms with E-state index in [2.05, 4.69) is 0 Å². The Morgan fingerprint density at radius 1 is 0.774 bits per heavy atom. The van der Waals surface area contributed by atoms with Crippen molar-refractivity contribution in [2.75, 3.05) is 6.61 Å². The van der Waals surface area contributed by atoms with Gasteiger partial charge in [0.25, 0.3) is 0 Å². The number of benzene rings is 1. The topological polar surface area (TPSA) is 124 Å². The highest BCUT2D eigenvalue weighted by molar-refractivity contribution is 5.68. The largest absolute Gasteiger partial charge is 0.463 e. The smallest absolute Gasteiger partial charge is 0.305 e. The Morgan fingerprint density at radius 3 is 1.90 bits per heavy atom. The number of esters is 4. The van der Waals surface area contributed by atoms with Crippen molar-refractivity contribution in [3.63, 3.8) is 0 Å². The number of rotatable bonds is 8. The third-order valence-corrected chi connectivity index (χ3v) is 4.21. The molecule has 1 aromatic carbocycles. The molecule has 31 heavy (non-hydrogen) atoms. The monoisotopic (exact) mass is 438 g/mol. The molecule has 0 saturated carbocycles. The highest BCUT2D eigenvalue weighted by atomic mass is 16.7. The maximum atomic E-state index is 11.8. The number of ether oxygens (including phenoxy) is 6. The van der Waals surface area contributed by atoms with Crippen LogP contribution in [0.1, 0.15) is 33.3 Å². The first-order chi connectivity index (χ1) is 14.7. The molecular weight excluding hydrogens is 412 g/mol. The Balaban J connectivity index is 2.37. The molecular formula is C21H26O10. The normalized spacial score (nSPS) is 25.2. The maximum absolute atomic E-state index is 11.8. The van der Waals surface area contributed by atoms with E-state index in [1.165, 1.54) is 13.8 Å². The van der Waals surface area contributed by atoms with Gasteiger partial charge in [-0.05, 0) is 5.56 Å². The molecule has 1 aromatic rings. The van der Waals surface area contributed by atoms with Crippen LogP contribution in [0, 0.1) is 0 Å². The second kappa shape index (κ2) is 11.4. The molecule has 0 amide bonds. The Bertz CT molecular complexity index is 778. The predicted molar refractivity (Wildman–Crippen MR) is 103 cm³/mol. The van der Waals surface area contributed by atoms with Gasteiger partial charge in [0.15, 0.2) is 6.10 Å². The summed E-state index contributed by atoms with van der Waals surface area (Å²) in [6, 6.07) is 9.16. The van der Waals surface area contributed by atoms with Gasteiger partial charge in [0, 0.05) is 27.7 Å². The number of carbonyl (C=O) groups is 4. The summed E-state index contributed by atoms with van der Waals surface area (Å²) in [7, 11) is 0. The summed E-state index contributed by atoms with van der Waals surface area (Å²) in [4.78, 5) is 46.4. The summed E-state index contributed by atoms with van der Waals surface area (Å²) < 4.78 is 32.6. The molecule has 2 rings (SSSR count). The fourth-order valence-corrected chi connectivity index (χ4v) is 3.08. The average molecular weight is 438 g/mol. The average Bonchev–Trinajstić information content (AvgIpc) is 2.67. The minimum atomic E-state index is -1.40. The summed E-state index contributed by atoms with van der Waals surface area (Å²) >= 11 is 0. The van der Waals surface area contributed by atoms with Crippen LogP contribution in [-0.2, 0) is 54.2 Å². The van der Waals surface area contributed by atoms with Crippen LogP contribution >= 0.6 is 0 Å². The molecule has 0 radical (unpaired) electrons. The second-order valence-corrected chi connectivity index (χ2v) is 6.86. The van der Waals surface area contributed by atoms with E-state index >= 15 is 0 Å². The molecule has 0 spiro atoms. The zero-order valence-electron chi connectivity index (χ0n) is 17.8. The van der Waals surface area contributed by atoms with Crippen molar-refractivity contribution in [2.45, 2.75) is 65.0 Å². The number of hydrogen-bond donors (Lipinski definition) is 0. The van der Waals surface area contributed by atoms with Crippen LogP contribution in [-0.4, -0.2) is 61.2 Å². The van der Waals surface area contributed by atoms with Crippen LogP contribution in [0.3, 0.4) is 0 Å². The minimum absolute atomic E-state index is 0.105. The summed E-state index contributed by atoms with van der Waals surface area (Å²) in [6.07, 6.45) is -5.86. The lowest BCUT2D eigenvalue weighted by molar-refractivity contribution is -0.305. The van der Waals surface area contributed by atoms with E-state index in [1.54, 1.807) is 0 Å². The van der Waals surface area contributed by atoms with E-state index in [4.69, 9.17) is 28.4 Å². The fraction of sp³-hybridized carbons (Fsp3) is 0.524. The SMILES string of the molecule is CC(=O)OC[C@@H]1OC(OC(C)=O)[C@@H](OC(C)=O)[C@@H](OC(C)=O)[C@H]1OCc1ccccc1. The summed E-state index contributed by atoms with van der Waals surface area (Å²) in [5.41, 5.74) is 0.821. The van der Waals surface area contributed by atoms with E-state index in [9.17, 15) is 19.2 Å². The van der Waals surface area contributed by atoms with Crippen LogP contribution in [0.15, 0.2) is 30.3 Å². The van der Waals surface area contributed by atoms with Crippen molar-refractivity contribution in [1.82, 2.24) is 0 Å². The van der Waals surface area contributed by atoms with Gasteiger partial charge in [0.05, 0.1) is 6.61 Å². The lowest BCUT2D eigenvalue weighted by Crippen LogP contribution is -2.62. The zero-order valence-corrected chi connectivity index (χ0v) is 17.8. The molecule has 0 aromatic heterocycles. The highest BCUT2D eigenvalue weighted by Gasteiger charge is 2.52. The van der Waals surface area contributed by atoms with Gasteiger partial charge in [-0.3, -0.25) is 19.2 Å². The van der Waals surface area contributed by atoms with Crippen molar-refractivity contribution in [3.8, 4) is 0 Å². The predicted octanol–water partition coefficient (Wildman–Crippen LogP) is 1.29. The summed E-state index contributed by atoms with van der Waals surface area (Å²) in [6.45, 7) is 4.54. The van der Waals surface area contributed by atoms with Crippen molar-refractivity contribution >= 4 is 23.9 Å². The molecule has 0 bridgehead atoms. The van der Waals surface area contributed by atoms with Crippen molar-refractivity contribution in [3.05, 3.63) is 35.9 Å². The van der Waals surface area contributed by atoms with Crippen LogP contribution in [0.4, 0.5) is 0 Å². The van der Waals surface area contributed by atoms with Gasteiger partial charge in [0.1, 0.15) is 18.8 Å². The molecule has 170 valence electrons. The minimum Gasteiger partial charge on any atom is -0.463 e. The van der Waals surface area contributed by atoms with E-state index < -0.39 is 54.6 Å². The Kier molecular flexibility index (Phi) is 8.95. The Hall–Kier alpha value is -2.98. The van der Waals surface area contributed by atoms with Gasteiger partial charge >= 0.3 is 23.9 Å². The molecule has 1 unspecified atom stereocenters. The van der Waals surface area contributed by atoms with E-state index in [1.807, 2.05) is 30.3 Å². The Morgan fingerprint density at radius 2 is 1.35 bits per heavy atom. The molecule has 1 fully saturated rings. The standard InChI is InChI=1S/C21H26O10/c1-12(22)26-11-17-18(27-10-16-8-6-5-7-9-16)19(28-13(2)23)20(29-14(3)24)21(31-17)30-15(4)25/h5-9,17-21H,10-11H2,1-4H3/t17-,18-,19-,20-,21?/m0/s1. The Labute approximate surface area is 179 Å². The molecule has 5 atom stereocenters. The maximum Gasteiger partial charge on any atom is 0.305 e. The van der Waals surface area contributed by atoms with Crippen molar-refractivity contribution < 1.29 is 47.6 Å². The first-order valence-corrected chi connectivity index (χ1v) is 9.63. The molecule has 1 saturated heterocycles. The van der Waals surface area contributed by atoms with Crippen LogP contribution in [0.2, 0.25) is 0 Å². The van der Waals surface area contributed by atoms with Crippen LogP contribution < -0.4 is 0 Å². The van der Waals surface area contributed by atoms with Gasteiger partial charge in [-0.25, -0.2) is 0 Å². The molecule has 0 aliphatic carbocycles. The quantitative estimate of drug-likeness (QED) is 0.433. The first-order valence-electron chi connectivity index (χ1n) is 9.63. The van der Waals surface area contributed by atoms with Gasteiger partial charge in [-0.15, -0.1) is 0 Å². The molecule has 0 N–H and O–H groups in total. The second-order valence-electron chi connectivity index (χ2n) is 6.86.